The molecule has 4 aromatic rings. The first-order valence-corrected chi connectivity index (χ1v) is 10.5. The van der Waals surface area contributed by atoms with Gasteiger partial charge in [-0.05, 0) is 11.1 Å². The molecule has 0 bridgehead atoms. The Balaban J connectivity index is 1.80. The van der Waals surface area contributed by atoms with Crippen molar-refractivity contribution in [3.8, 4) is 0 Å². The molecule has 1 aliphatic heterocycles. The van der Waals surface area contributed by atoms with Gasteiger partial charge in [0.1, 0.15) is 0 Å². The smallest absolute Gasteiger partial charge is 0.0968 e. The molecule has 1 heterocycles. The molecule has 2 heteroatoms. The number of rotatable bonds is 4. The summed E-state index contributed by atoms with van der Waals surface area (Å²) in [5, 5.41) is 0. The molecule has 0 aromatic heterocycles. The van der Waals surface area contributed by atoms with Crippen LogP contribution in [0.3, 0.4) is 0 Å². The van der Waals surface area contributed by atoms with Crippen LogP contribution in [0.2, 0.25) is 0 Å². The van der Waals surface area contributed by atoms with Gasteiger partial charge in [-0.25, -0.2) is 9.98 Å². The zero-order valence-electron chi connectivity index (χ0n) is 17.1. The van der Waals surface area contributed by atoms with Gasteiger partial charge < -0.3 is 0 Å². The Labute approximate surface area is 183 Å². The van der Waals surface area contributed by atoms with E-state index in [2.05, 4.69) is 97.1 Å². The van der Waals surface area contributed by atoms with Crippen molar-refractivity contribution in [2.24, 2.45) is 9.98 Å². The summed E-state index contributed by atoms with van der Waals surface area (Å²) in [5.41, 5.74) is 8.21. The van der Waals surface area contributed by atoms with Gasteiger partial charge in [-0.2, -0.15) is 0 Å². The lowest BCUT2D eigenvalue weighted by Gasteiger charge is -2.09. The lowest BCUT2D eigenvalue weighted by molar-refractivity contribution is 1.43. The lowest BCUT2D eigenvalue weighted by Crippen LogP contribution is -2.10. The van der Waals surface area contributed by atoms with Gasteiger partial charge >= 0.3 is 0 Å². The van der Waals surface area contributed by atoms with Crippen molar-refractivity contribution in [3.63, 3.8) is 0 Å². The molecule has 2 nitrogen and oxygen atoms in total. The summed E-state index contributed by atoms with van der Waals surface area (Å²) in [5.74, 6) is 0. The van der Waals surface area contributed by atoms with Gasteiger partial charge in [0.2, 0.25) is 0 Å². The largest absolute Gasteiger partial charge is 0.249 e. The van der Waals surface area contributed by atoms with E-state index in [1.165, 1.54) is 0 Å². The van der Waals surface area contributed by atoms with Crippen molar-refractivity contribution in [1.29, 1.82) is 0 Å². The van der Waals surface area contributed by atoms with Crippen LogP contribution >= 0.6 is 0 Å². The molecule has 0 amide bonds. The molecule has 0 aliphatic carbocycles. The average Bonchev–Trinajstić information content (AvgIpc) is 3.07. The predicted octanol–water partition coefficient (Wildman–Crippen LogP) is 6.89. The van der Waals surface area contributed by atoms with Crippen LogP contribution in [0.4, 0.5) is 0 Å². The minimum atomic E-state index is 0.667. The molecule has 0 atom stereocenters. The summed E-state index contributed by atoms with van der Waals surface area (Å²) in [6, 6.07) is 41.5. The maximum absolute atomic E-state index is 5.23. The molecule has 0 unspecified atom stereocenters. The number of hydrogen-bond donors (Lipinski definition) is 0. The van der Waals surface area contributed by atoms with E-state index in [4.69, 9.17) is 9.98 Å². The third kappa shape index (κ3) is 4.15. The minimum absolute atomic E-state index is 0.667. The van der Waals surface area contributed by atoms with Crippen LogP contribution < -0.4 is 0 Å². The maximum atomic E-state index is 5.23. The first-order valence-electron chi connectivity index (χ1n) is 10.5. The Morgan fingerprint density at radius 3 is 0.968 bits per heavy atom. The molecule has 4 aromatic carbocycles. The minimum Gasteiger partial charge on any atom is -0.249 e. The van der Waals surface area contributed by atoms with E-state index >= 15 is 0 Å². The molecule has 0 spiro atoms. The third-order valence-corrected chi connectivity index (χ3v) is 5.36. The number of hydrogen-bond acceptors (Lipinski definition) is 2. The highest BCUT2D eigenvalue weighted by molar-refractivity contribution is 6.22. The summed E-state index contributed by atoms with van der Waals surface area (Å²) in [6.07, 6.45) is 0.667. The van der Waals surface area contributed by atoms with E-state index in [0.717, 1.165) is 45.1 Å². The van der Waals surface area contributed by atoms with Crippen LogP contribution in [-0.2, 0) is 0 Å². The normalized spacial score (nSPS) is 13.9. The summed E-state index contributed by atoms with van der Waals surface area (Å²) >= 11 is 0. The van der Waals surface area contributed by atoms with Gasteiger partial charge in [0.25, 0.3) is 0 Å². The van der Waals surface area contributed by atoms with Crippen molar-refractivity contribution in [2.45, 2.75) is 6.42 Å². The highest BCUT2D eigenvalue weighted by Gasteiger charge is 2.20. The van der Waals surface area contributed by atoms with Crippen molar-refractivity contribution < 1.29 is 0 Å². The van der Waals surface area contributed by atoms with Crippen LogP contribution in [-0.4, -0.2) is 11.4 Å². The molecule has 148 valence electrons. The fraction of sp³-hybridized carbons (Fsp3) is 0.0345. The Kier molecular flexibility index (Phi) is 5.36. The molecule has 0 saturated carbocycles. The second-order valence-electron chi connectivity index (χ2n) is 7.46. The van der Waals surface area contributed by atoms with E-state index in [1.54, 1.807) is 0 Å². The number of aliphatic imine (C=N–C) groups is 2. The lowest BCUT2D eigenvalue weighted by atomic mass is 10.00. The predicted molar refractivity (Wildman–Crippen MR) is 130 cm³/mol. The van der Waals surface area contributed by atoms with Crippen LogP contribution in [0.15, 0.2) is 131 Å². The molecule has 0 radical (unpaired) electrons. The third-order valence-electron chi connectivity index (χ3n) is 5.36. The Bertz CT molecular complexity index is 1150. The van der Waals surface area contributed by atoms with Gasteiger partial charge in [-0.15, -0.1) is 0 Å². The molecule has 0 N–H and O–H groups in total. The fourth-order valence-corrected chi connectivity index (χ4v) is 3.80. The molecular formula is C29H22N2. The quantitative estimate of drug-likeness (QED) is 0.357. The van der Waals surface area contributed by atoms with Crippen molar-refractivity contribution in [1.82, 2.24) is 0 Å². The van der Waals surface area contributed by atoms with Gasteiger partial charge in [-0.3, -0.25) is 0 Å². The monoisotopic (exact) mass is 398 g/mol. The van der Waals surface area contributed by atoms with Gasteiger partial charge in [-0.1, -0.05) is 121 Å². The van der Waals surface area contributed by atoms with Crippen LogP contribution in [0.5, 0.6) is 0 Å². The van der Waals surface area contributed by atoms with Crippen molar-refractivity contribution in [2.75, 3.05) is 0 Å². The Morgan fingerprint density at radius 2 is 0.645 bits per heavy atom. The van der Waals surface area contributed by atoms with Gasteiger partial charge in [0.05, 0.1) is 22.8 Å². The topological polar surface area (TPSA) is 24.7 Å². The molecule has 0 saturated heterocycles. The van der Waals surface area contributed by atoms with E-state index in [9.17, 15) is 0 Å². The highest BCUT2D eigenvalue weighted by Crippen LogP contribution is 2.33. The molecule has 0 fully saturated rings. The first kappa shape index (κ1) is 19.0. The second kappa shape index (κ2) is 8.76. The summed E-state index contributed by atoms with van der Waals surface area (Å²) in [6.45, 7) is 0. The van der Waals surface area contributed by atoms with E-state index in [1.807, 2.05) is 24.3 Å². The van der Waals surface area contributed by atoms with E-state index in [0.29, 0.717) is 6.42 Å². The molecule has 31 heavy (non-hydrogen) atoms. The van der Waals surface area contributed by atoms with Crippen LogP contribution in [0.1, 0.15) is 28.7 Å². The highest BCUT2D eigenvalue weighted by atomic mass is 14.9. The van der Waals surface area contributed by atoms with Crippen molar-refractivity contribution in [3.05, 3.63) is 144 Å². The molecule has 5 rings (SSSR count). The van der Waals surface area contributed by atoms with Crippen molar-refractivity contribution >= 4 is 22.8 Å². The summed E-state index contributed by atoms with van der Waals surface area (Å²) < 4.78 is 0. The zero-order chi connectivity index (χ0) is 20.9. The van der Waals surface area contributed by atoms with Gasteiger partial charge in [0.15, 0.2) is 0 Å². The Morgan fingerprint density at radius 1 is 0.355 bits per heavy atom. The maximum Gasteiger partial charge on any atom is 0.0968 e. The van der Waals surface area contributed by atoms with Crippen LogP contribution in [0, 0.1) is 0 Å². The summed E-state index contributed by atoms with van der Waals surface area (Å²) in [7, 11) is 0. The van der Waals surface area contributed by atoms with Crippen LogP contribution in [0.25, 0.3) is 11.4 Å². The Hall–Kier alpha value is -4.04. The molecule has 1 aliphatic rings. The number of benzene rings is 4. The van der Waals surface area contributed by atoms with E-state index < -0.39 is 0 Å². The molecular weight excluding hydrogens is 376 g/mol. The number of nitrogens with zero attached hydrogens (tertiary/aromatic N) is 2. The first-order chi connectivity index (χ1) is 15.4. The average molecular weight is 399 g/mol. The van der Waals surface area contributed by atoms with Gasteiger partial charge in [0, 0.05) is 17.5 Å². The fourth-order valence-electron chi connectivity index (χ4n) is 3.80. The van der Waals surface area contributed by atoms with E-state index in [-0.39, 0.29) is 0 Å². The summed E-state index contributed by atoms with van der Waals surface area (Å²) in [4.78, 5) is 10.5. The second-order valence-corrected chi connectivity index (χ2v) is 7.46. The standard InChI is InChI=1S/C29H22N2/c1-5-13-22(14-6-1)26-21-27(23-15-7-2-8-16-23)31-29(25-19-11-4-12-20-25)28(30-26)24-17-9-3-10-18-24/h1-20H,21H2. The SMILES string of the molecule is c1ccc(C2=NC(c3ccccc3)=C(c3ccccc3)N=C(c3ccccc3)C2)cc1. The zero-order valence-corrected chi connectivity index (χ0v) is 17.1.